The molecular weight excluding hydrogens is 322 g/mol. The number of benzene rings is 1. The summed E-state index contributed by atoms with van der Waals surface area (Å²) in [5.74, 6) is -0.593. The van der Waals surface area contributed by atoms with Crippen LogP contribution in [0.4, 0.5) is 0 Å². The quantitative estimate of drug-likeness (QED) is 0.803. The lowest BCUT2D eigenvalue weighted by Gasteiger charge is -2.36. The van der Waals surface area contributed by atoms with Crippen LogP contribution in [-0.4, -0.2) is 62.8 Å². The number of esters is 1. The smallest absolute Gasteiger partial charge is 0.337 e. The summed E-state index contributed by atoms with van der Waals surface area (Å²) < 4.78 is 37.3. The maximum Gasteiger partial charge on any atom is 0.337 e. The van der Waals surface area contributed by atoms with Crippen molar-refractivity contribution in [2.45, 2.75) is 30.9 Å². The fourth-order valence-electron chi connectivity index (χ4n) is 2.49. The zero-order valence-corrected chi connectivity index (χ0v) is 14.2. The molecule has 0 aromatic heterocycles. The van der Waals surface area contributed by atoms with E-state index in [1.165, 1.54) is 23.5 Å². The first-order chi connectivity index (χ1) is 10.8. The molecule has 1 aliphatic rings. The second-order valence-corrected chi connectivity index (χ2v) is 7.39. The summed E-state index contributed by atoms with van der Waals surface area (Å²) in [4.78, 5) is 11.7. The zero-order valence-electron chi connectivity index (χ0n) is 13.4. The fourth-order valence-corrected chi connectivity index (χ4v) is 4.39. The van der Waals surface area contributed by atoms with E-state index < -0.39 is 22.1 Å². The number of aryl methyl sites for hydroxylation is 1. The van der Waals surface area contributed by atoms with Crippen molar-refractivity contribution in [3.8, 4) is 0 Å². The van der Waals surface area contributed by atoms with E-state index in [2.05, 4.69) is 4.74 Å². The summed E-state index contributed by atoms with van der Waals surface area (Å²) in [6.07, 6.45) is -0.551. The van der Waals surface area contributed by atoms with E-state index in [0.29, 0.717) is 5.56 Å². The van der Waals surface area contributed by atoms with Crippen molar-refractivity contribution >= 4 is 16.0 Å². The molecular formula is C15H21NO6S. The van der Waals surface area contributed by atoms with Gasteiger partial charge in [-0.2, -0.15) is 4.31 Å². The minimum atomic E-state index is -3.81. The highest BCUT2D eigenvalue weighted by Crippen LogP contribution is 2.26. The maximum absolute atomic E-state index is 13.0. The van der Waals surface area contributed by atoms with E-state index in [4.69, 9.17) is 4.74 Å². The lowest BCUT2D eigenvalue weighted by atomic mass is 10.1. The Morgan fingerprint density at radius 2 is 2.17 bits per heavy atom. The van der Waals surface area contributed by atoms with E-state index in [1.807, 2.05) is 0 Å². The van der Waals surface area contributed by atoms with Gasteiger partial charge >= 0.3 is 5.97 Å². The van der Waals surface area contributed by atoms with Crippen molar-refractivity contribution in [3.63, 3.8) is 0 Å². The van der Waals surface area contributed by atoms with Crippen molar-refractivity contribution in [2.75, 3.05) is 26.9 Å². The van der Waals surface area contributed by atoms with Gasteiger partial charge in [-0.15, -0.1) is 0 Å². The van der Waals surface area contributed by atoms with Crippen LogP contribution in [0.3, 0.4) is 0 Å². The number of aliphatic hydroxyl groups excluding tert-OH is 1. The van der Waals surface area contributed by atoms with Crippen LogP contribution >= 0.6 is 0 Å². The second-order valence-electron chi connectivity index (χ2n) is 5.53. The number of hydrogen-bond donors (Lipinski definition) is 1. The molecule has 1 aromatic rings. The molecule has 1 heterocycles. The molecule has 1 aromatic carbocycles. The first-order valence-corrected chi connectivity index (χ1v) is 8.68. The van der Waals surface area contributed by atoms with E-state index in [9.17, 15) is 18.3 Å². The van der Waals surface area contributed by atoms with E-state index >= 15 is 0 Å². The first kappa shape index (κ1) is 17.9. The Labute approximate surface area is 135 Å². The molecule has 2 unspecified atom stereocenters. The normalized spacial score (nSPS) is 22.8. The molecule has 1 N–H and O–H groups in total. The molecule has 0 aliphatic carbocycles. The van der Waals surface area contributed by atoms with Crippen LogP contribution < -0.4 is 0 Å². The molecule has 0 amide bonds. The SMILES string of the molecule is COC(=O)c1ccc(C)c(S(=O)(=O)N2CC(CO)OCC2C)c1. The van der Waals surface area contributed by atoms with Gasteiger partial charge in [0.1, 0.15) is 0 Å². The molecule has 0 saturated carbocycles. The van der Waals surface area contributed by atoms with Gasteiger partial charge in [-0.05, 0) is 31.5 Å². The summed E-state index contributed by atoms with van der Waals surface area (Å²) >= 11 is 0. The summed E-state index contributed by atoms with van der Waals surface area (Å²) in [5, 5.41) is 9.23. The average molecular weight is 343 g/mol. The maximum atomic E-state index is 13.0. The Bertz CT molecular complexity index is 687. The average Bonchev–Trinajstić information content (AvgIpc) is 2.54. The predicted molar refractivity (Wildman–Crippen MR) is 82.7 cm³/mol. The highest BCUT2D eigenvalue weighted by atomic mass is 32.2. The summed E-state index contributed by atoms with van der Waals surface area (Å²) in [6, 6.07) is 4.07. The van der Waals surface area contributed by atoms with E-state index in [-0.39, 0.29) is 36.3 Å². The molecule has 2 rings (SSSR count). The Kier molecular flexibility index (Phi) is 5.41. The molecule has 2 atom stereocenters. The first-order valence-electron chi connectivity index (χ1n) is 7.24. The van der Waals surface area contributed by atoms with Crippen LogP contribution in [0.2, 0.25) is 0 Å². The van der Waals surface area contributed by atoms with Crippen LogP contribution in [0.25, 0.3) is 0 Å². The summed E-state index contributed by atoms with van der Waals surface area (Å²) in [7, 11) is -2.57. The zero-order chi connectivity index (χ0) is 17.2. The van der Waals surface area contributed by atoms with E-state index in [1.54, 1.807) is 19.9 Å². The van der Waals surface area contributed by atoms with Gasteiger partial charge in [-0.25, -0.2) is 13.2 Å². The van der Waals surface area contributed by atoms with Gasteiger partial charge in [0.25, 0.3) is 0 Å². The third kappa shape index (κ3) is 3.55. The van der Waals surface area contributed by atoms with Crippen molar-refractivity contribution in [1.29, 1.82) is 0 Å². The number of carbonyl (C=O) groups excluding carboxylic acids is 1. The van der Waals surface area contributed by atoms with Crippen molar-refractivity contribution in [3.05, 3.63) is 29.3 Å². The number of carbonyl (C=O) groups is 1. The summed E-state index contributed by atoms with van der Waals surface area (Å²) in [5.41, 5.74) is 0.716. The second kappa shape index (κ2) is 6.96. The highest BCUT2D eigenvalue weighted by Gasteiger charge is 2.36. The van der Waals surface area contributed by atoms with Crippen molar-refractivity contribution in [2.24, 2.45) is 0 Å². The minimum Gasteiger partial charge on any atom is -0.465 e. The van der Waals surface area contributed by atoms with Crippen LogP contribution in [-0.2, 0) is 19.5 Å². The van der Waals surface area contributed by atoms with Crippen LogP contribution in [0.1, 0.15) is 22.8 Å². The van der Waals surface area contributed by atoms with Gasteiger partial charge < -0.3 is 14.6 Å². The van der Waals surface area contributed by atoms with Gasteiger partial charge in [0.2, 0.25) is 10.0 Å². The molecule has 1 fully saturated rings. The van der Waals surface area contributed by atoms with Gasteiger partial charge in [-0.3, -0.25) is 0 Å². The highest BCUT2D eigenvalue weighted by molar-refractivity contribution is 7.89. The lowest BCUT2D eigenvalue weighted by Crippen LogP contribution is -2.51. The van der Waals surface area contributed by atoms with Crippen molar-refractivity contribution in [1.82, 2.24) is 4.31 Å². The molecule has 0 radical (unpaired) electrons. The number of hydrogen-bond acceptors (Lipinski definition) is 6. The monoisotopic (exact) mass is 343 g/mol. The van der Waals surface area contributed by atoms with Gasteiger partial charge in [0.05, 0.1) is 36.9 Å². The minimum absolute atomic E-state index is 0.0610. The van der Waals surface area contributed by atoms with Crippen LogP contribution in [0.15, 0.2) is 23.1 Å². The van der Waals surface area contributed by atoms with Gasteiger partial charge in [-0.1, -0.05) is 6.07 Å². The summed E-state index contributed by atoms with van der Waals surface area (Å²) in [6.45, 7) is 3.44. The molecule has 0 bridgehead atoms. The number of nitrogens with zero attached hydrogens (tertiary/aromatic N) is 1. The number of morpholine rings is 1. The molecule has 1 aliphatic heterocycles. The third-order valence-electron chi connectivity index (χ3n) is 3.85. The molecule has 8 heteroatoms. The Morgan fingerprint density at radius 3 is 2.78 bits per heavy atom. The van der Waals surface area contributed by atoms with Crippen LogP contribution in [0.5, 0.6) is 0 Å². The number of rotatable bonds is 4. The molecule has 128 valence electrons. The third-order valence-corrected chi connectivity index (χ3v) is 5.97. The molecule has 1 saturated heterocycles. The molecule has 7 nitrogen and oxygen atoms in total. The predicted octanol–water partition coefficient (Wildman–Crippen LogP) is 0.552. The molecule has 23 heavy (non-hydrogen) atoms. The fraction of sp³-hybridized carbons (Fsp3) is 0.533. The lowest BCUT2D eigenvalue weighted by molar-refractivity contribution is -0.0516. The van der Waals surface area contributed by atoms with E-state index in [0.717, 1.165) is 0 Å². The Balaban J connectivity index is 2.44. The Morgan fingerprint density at radius 1 is 1.48 bits per heavy atom. The van der Waals surface area contributed by atoms with Crippen LogP contribution in [0, 0.1) is 6.92 Å². The number of ether oxygens (including phenoxy) is 2. The molecule has 0 spiro atoms. The standard InChI is InChI=1S/C15H21NO6S/c1-10-4-5-12(15(18)21-3)6-14(10)23(19,20)16-7-13(8-17)22-9-11(16)2/h4-6,11,13,17H,7-9H2,1-3H3. The van der Waals surface area contributed by atoms with Crippen molar-refractivity contribution < 1.29 is 27.8 Å². The number of sulfonamides is 1. The Hall–Kier alpha value is -1.48. The topological polar surface area (TPSA) is 93.1 Å². The number of aliphatic hydroxyl groups is 1. The number of methoxy groups -OCH3 is 1. The van der Waals surface area contributed by atoms with Gasteiger partial charge in [0.15, 0.2) is 0 Å². The van der Waals surface area contributed by atoms with Gasteiger partial charge in [0, 0.05) is 12.6 Å². The largest absolute Gasteiger partial charge is 0.465 e.